The number of carbonyl (C=O) groups is 3. The van der Waals surface area contributed by atoms with Gasteiger partial charge in [0, 0.05) is 7.11 Å². The van der Waals surface area contributed by atoms with Crippen LogP contribution in [0.1, 0.15) is 42.2 Å². The van der Waals surface area contributed by atoms with Gasteiger partial charge < -0.3 is 48.5 Å². The Labute approximate surface area is 364 Å². The van der Waals surface area contributed by atoms with E-state index in [4.69, 9.17) is 79.6 Å². The Hall–Kier alpha value is -3.71. The van der Waals surface area contributed by atoms with Gasteiger partial charge in [0.25, 0.3) is 11.8 Å². The van der Waals surface area contributed by atoms with Crippen molar-refractivity contribution in [3.63, 3.8) is 0 Å². The lowest BCUT2D eigenvalue weighted by Gasteiger charge is -2.49. The molecule has 4 aromatic carbocycles. The van der Waals surface area contributed by atoms with E-state index in [1.54, 1.807) is 18.2 Å². The second-order valence-electron chi connectivity index (χ2n) is 14.1. The number of ether oxygens (including phenoxy) is 7. The standard InChI is InChI=1S/C42H39Cl4NO13/c1-54-41-32(47-38(51)26-27(39(47)52)29(44)31(46)30(45)28(26)43)37(59-40(53)23-15-9-4-10-16-23)36(25(58-41)20-56-18-22-13-7-3-8-14-22)60-42-35(50)34(49)33(48)24(57-42)19-55-17-21-11-5-2-6-12-21/h2-16,24-25,32-37,41-42,48-50H,17-20H2,1H3/t24-,25-,32-,33+,34+,35-,36-,37-,41-,42+/m1/s1. The minimum Gasteiger partial charge on any atom is -0.453 e. The van der Waals surface area contributed by atoms with Crippen LogP contribution >= 0.6 is 46.4 Å². The maximum absolute atomic E-state index is 14.4. The Morgan fingerprint density at radius 3 is 1.63 bits per heavy atom. The summed E-state index contributed by atoms with van der Waals surface area (Å²) in [5, 5.41) is 32.1. The molecule has 318 valence electrons. The monoisotopic (exact) mass is 905 g/mol. The summed E-state index contributed by atoms with van der Waals surface area (Å²) in [7, 11) is 1.24. The van der Waals surface area contributed by atoms with E-state index in [1.807, 2.05) is 60.7 Å². The Balaban J connectivity index is 1.27. The number of rotatable bonds is 14. The molecular weight excluding hydrogens is 868 g/mol. The van der Waals surface area contributed by atoms with Crippen molar-refractivity contribution in [1.82, 2.24) is 4.90 Å². The molecular formula is C42H39Cl4NO13. The number of nitrogens with zero attached hydrogens (tertiary/aromatic N) is 1. The molecule has 3 aliphatic rings. The highest BCUT2D eigenvalue weighted by molar-refractivity contribution is 6.55. The van der Waals surface area contributed by atoms with Crippen molar-refractivity contribution >= 4 is 64.2 Å². The van der Waals surface area contributed by atoms with E-state index in [0.29, 0.717) is 4.90 Å². The largest absolute Gasteiger partial charge is 0.453 e. The number of halogens is 4. The Bertz CT molecular complexity index is 2110. The molecule has 10 atom stereocenters. The maximum atomic E-state index is 14.4. The Morgan fingerprint density at radius 2 is 1.12 bits per heavy atom. The molecule has 2 fully saturated rings. The minimum absolute atomic E-state index is 0.0856. The smallest absolute Gasteiger partial charge is 0.338 e. The van der Waals surface area contributed by atoms with Crippen LogP contribution < -0.4 is 0 Å². The van der Waals surface area contributed by atoms with Gasteiger partial charge in [0.1, 0.15) is 42.7 Å². The first-order valence-electron chi connectivity index (χ1n) is 18.7. The molecule has 0 spiro atoms. The third-order valence-corrected chi connectivity index (χ3v) is 12.1. The lowest BCUT2D eigenvalue weighted by molar-refractivity contribution is -0.350. The molecule has 3 aliphatic heterocycles. The number of benzene rings is 4. The zero-order chi connectivity index (χ0) is 42.7. The summed E-state index contributed by atoms with van der Waals surface area (Å²) in [6.07, 6.45) is -14.3. The number of amides is 2. The predicted molar refractivity (Wildman–Crippen MR) is 216 cm³/mol. The van der Waals surface area contributed by atoms with Crippen LogP contribution in [0.2, 0.25) is 20.1 Å². The van der Waals surface area contributed by atoms with Crippen molar-refractivity contribution in [2.75, 3.05) is 20.3 Å². The first-order chi connectivity index (χ1) is 28.9. The molecule has 0 radical (unpaired) electrons. The van der Waals surface area contributed by atoms with Gasteiger partial charge in [-0.3, -0.25) is 14.5 Å². The van der Waals surface area contributed by atoms with Gasteiger partial charge in [-0.2, -0.15) is 0 Å². The van der Waals surface area contributed by atoms with Crippen molar-refractivity contribution in [2.24, 2.45) is 0 Å². The fourth-order valence-electron chi connectivity index (χ4n) is 7.25. The van der Waals surface area contributed by atoms with Crippen molar-refractivity contribution < 1.29 is 62.9 Å². The maximum Gasteiger partial charge on any atom is 0.338 e. The SMILES string of the molecule is CO[C@@H]1O[C@H](COCc2ccccc2)[C@@H](O[C@@H]2O[C@H](COCc3ccccc3)[C@H](O)[C@H](O)[C@H]2O)[C@H](OC(=O)c2ccccc2)[C@H]1N1C(=O)c2c(Cl)c(Cl)c(Cl)c(Cl)c2C1=O. The lowest BCUT2D eigenvalue weighted by Crippen LogP contribution is -2.69. The zero-order valence-electron chi connectivity index (χ0n) is 31.6. The number of hydrogen-bond acceptors (Lipinski definition) is 13. The van der Waals surface area contributed by atoms with E-state index >= 15 is 0 Å². The first-order valence-corrected chi connectivity index (χ1v) is 20.2. The summed E-state index contributed by atoms with van der Waals surface area (Å²) >= 11 is 25.6. The second-order valence-corrected chi connectivity index (χ2v) is 15.6. The van der Waals surface area contributed by atoms with Crippen LogP contribution in [-0.4, -0.2) is 120 Å². The molecule has 0 bridgehead atoms. The van der Waals surface area contributed by atoms with Crippen LogP contribution in [0.5, 0.6) is 0 Å². The number of carbonyl (C=O) groups excluding carboxylic acids is 3. The van der Waals surface area contributed by atoms with Crippen molar-refractivity contribution in [3.8, 4) is 0 Å². The van der Waals surface area contributed by atoms with Crippen molar-refractivity contribution in [2.45, 2.75) is 74.6 Å². The molecule has 3 N–H and O–H groups in total. The van der Waals surface area contributed by atoms with Gasteiger partial charge >= 0.3 is 5.97 Å². The molecule has 2 amide bonds. The lowest BCUT2D eigenvalue weighted by atomic mass is 9.94. The van der Waals surface area contributed by atoms with Gasteiger partial charge in [-0.1, -0.05) is 125 Å². The third-order valence-electron chi connectivity index (χ3n) is 10.3. The molecule has 0 aliphatic carbocycles. The second kappa shape index (κ2) is 19.6. The summed E-state index contributed by atoms with van der Waals surface area (Å²) in [6, 6.07) is 24.6. The van der Waals surface area contributed by atoms with Crippen LogP contribution in [0.4, 0.5) is 0 Å². The minimum atomic E-state index is -1.89. The van der Waals surface area contributed by atoms with Crippen LogP contribution in [0, 0.1) is 0 Å². The normalized spacial score (nSPS) is 27.8. The van der Waals surface area contributed by atoms with E-state index in [9.17, 15) is 29.7 Å². The van der Waals surface area contributed by atoms with Crippen LogP contribution in [0.3, 0.4) is 0 Å². The summed E-state index contributed by atoms with van der Waals surface area (Å²) < 4.78 is 42.8. The average molecular weight is 908 g/mol. The fraction of sp³-hybridized carbons (Fsp3) is 0.357. The van der Waals surface area contributed by atoms with Gasteiger partial charge in [0.15, 0.2) is 18.7 Å². The van der Waals surface area contributed by atoms with Crippen LogP contribution in [-0.2, 0) is 46.4 Å². The molecule has 14 nitrogen and oxygen atoms in total. The summed E-state index contributed by atoms with van der Waals surface area (Å²) in [5.41, 5.74) is 0.990. The number of aliphatic hydroxyl groups is 3. The third kappa shape index (κ3) is 9.08. The average Bonchev–Trinajstić information content (AvgIpc) is 3.53. The van der Waals surface area contributed by atoms with Gasteiger partial charge in [-0.05, 0) is 23.3 Å². The molecule has 7 rings (SSSR count). The van der Waals surface area contributed by atoms with E-state index in [0.717, 1.165) is 11.1 Å². The molecule has 3 heterocycles. The van der Waals surface area contributed by atoms with Gasteiger partial charge in [-0.15, -0.1) is 0 Å². The summed E-state index contributed by atoms with van der Waals surface area (Å²) in [5.74, 6) is -2.92. The number of imide groups is 1. The summed E-state index contributed by atoms with van der Waals surface area (Å²) in [6.45, 7) is -0.285. The highest BCUT2D eigenvalue weighted by atomic mass is 35.5. The summed E-state index contributed by atoms with van der Waals surface area (Å²) in [4.78, 5) is 43.5. The van der Waals surface area contributed by atoms with E-state index < -0.39 is 79.1 Å². The molecule has 4 aromatic rings. The topological polar surface area (TPSA) is 180 Å². The number of fused-ring (bicyclic) bond motifs is 1. The highest BCUT2D eigenvalue weighted by Crippen LogP contribution is 2.47. The number of methoxy groups -OCH3 is 1. The van der Waals surface area contributed by atoms with Crippen molar-refractivity contribution in [3.05, 3.63) is 139 Å². The molecule has 0 aromatic heterocycles. The van der Waals surface area contributed by atoms with Gasteiger partial charge in [0.05, 0.1) is 63.2 Å². The van der Waals surface area contributed by atoms with Gasteiger partial charge in [-0.25, -0.2) is 4.79 Å². The van der Waals surface area contributed by atoms with Crippen molar-refractivity contribution in [1.29, 1.82) is 0 Å². The number of hydrogen-bond donors (Lipinski definition) is 3. The highest BCUT2D eigenvalue weighted by Gasteiger charge is 2.59. The quantitative estimate of drug-likeness (QED) is 0.0627. The van der Waals surface area contributed by atoms with Crippen LogP contribution in [0.25, 0.3) is 0 Å². The Morgan fingerprint density at radius 1 is 0.633 bits per heavy atom. The number of esters is 1. The molecule has 0 unspecified atom stereocenters. The number of aliphatic hydroxyl groups excluding tert-OH is 3. The van der Waals surface area contributed by atoms with Crippen LogP contribution in [0.15, 0.2) is 91.0 Å². The fourth-order valence-corrected chi connectivity index (χ4v) is 8.26. The predicted octanol–water partition coefficient (Wildman–Crippen LogP) is 5.49. The molecule has 0 saturated carbocycles. The zero-order valence-corrected chi connectivity index (χ0v) is 34.7. The molecule has 60 heavy (non-hydrogen) atoms. The van der Waals surface area contributed by atoms with E-state index in [1.165, 1.54) is 19.2 Å². The Kier molecular flexibility index (Phi) is 14.5. The van der Waals surface area contributed by atoms with E-state index in [-0.39, 0.29) is 63.2 Å². The molecule has 2 saturated heterocycles. The first kappa shape index (κ1) is 44.3. The van der Waals surface area contributed by atoms with Gasteiger partial charge in [0.2, 0.25) is 0 Å². The molecule has 18 heteroatoms. The van der Waals surface area contributed by atoms with E-state index in [2.05, 4.69) is 0 Å².